The molecule has 1 N–H and O–H groups in total. The first-order chi connectivity index (χ1) is 13.8. The molecule has 0 spiro atoms. The highest BCUT2D eigenvalue weighted by Gasteiger charge is 2.22. The summed E-state index contributed by atoms with van der Waals surface area (Å²) < 4.78 is 38.6. The van der Waals surface area contributed by atoms with Gasteiger partial charge in [-0.15, -0.1) is 11.3 Å². The number of nitrogens with zero attached hydrogens (tertiary/aromatic N) is 1. The number of piperidine rings is 1. The van der Waals surface area contributed by atoms with Gasteiger partial charge in [0.15, 0.2) is 0 Å². The second-order valence-electron chi connectivity index (χ2n) is 6.63. The van der Waals surface area contributed by atoms with Gasteiger partial charge in [0.1, 0.15) is 15.7 Å². The average Bonchev–Trinajstić information content (AvgIpc) is 3.18. The topological polar surface area (TPSA) is 84.9 Å². The monoisotopic (exact) mass is 458 g/mol. The number of anilines is 1. The molecule has 2 aromatic rings. The van der Waals surface area contributed by atoms with Crippen molar-refractivity contribution in [2.45, 2.75) is 29.9 Å². The lowest BCUT2D eigenvalue weighted by Gasteiger charge is -2.26. The number of ether oxygens (including phenoxy) is 2. The lowest BCUT2D eigenvalue weighted by atomic mass is 10.1. The maximum Gasteiger partial charge on any atom is 0.271 e. The molecule has 0 aliphatic carbocycles. The molecule has 1 aliphatic rings. The van der Waals surface area contributed by atoms with Crippen molar-refractivity contribution in [2.75, 3.05) is 32.0 Å². The summed E-state index contributed by atoms with van der Waals surface area (Å²) in [4.78, 5) is 15.0. The molecule has 29 heavy (non-hydrogen) atoms. The van der Waals surface area contributed by atoms with Gasteiger partial charge in [-0.25, -0.2) is 8.42 Å². The number of rotatable bonds is 7. The standard InChI is InChI=1S/C19H23ClN2O5S2/c1-26-16-12-17(27-2)15(11-14(16)20)21-29(24,25)19-7-6-13(28-19)10-18(23)22-8-4-3-5-9-22/h6-7,11-12,21H,3-5,8-10H2,1-2H3. The van der Waals surface area contributed by atoms with Crippen LogP contribution in [0.5, 0.6) is 11.5 Å². The van der Waals surface area contributed by atoms with Crippen molar-refractivity contribution in [3.63, 3.8) is 0 Å². The molecular formula is C19H23ClN2O5S2. The van der Waals surface area contributed by atoms with Crippen molar-refractivity contribution in [1.29, 1.82) is 0 Å². The summed E-state index contributed by atoms with van der Waals surface area (Å²) in [7, 11) is -0.970. The van der Waals surface area contributed by atoms with Crippen LogP contribution in [0.15, 0.2) is 28.5 Å². The Morgan fingerprint density at radius 2 is 1.83 bits per heavy atom. The summed E-state index contributed by atoms with van der Waals surface area (Å²) in [5.41, 5.74) is 0.206. The van der Waals surface area contributed by atoms with E-state index in [9.17, 15) is 13.2 Å². The molecule has 1 aromatic heterocycles. The molecule has 1 fully saturated rings. The van der Waals surface area contributed by atoms with Gasteiger partial charge < -0.3 is 14.4 Å². The van der Waals surface area contributed by atoms with E-state index in [-0.39, 0.29) is 33.0 Å². The van der Waals surface area contributed by atoms with Crippen LogP contribution in [0.25, 0.3) is 0 Å². The number of halogens is 1. The largest absolute Gasteiger partial charge is 0.495 e. The van der Waals surface area contributed by atoms with E-state index in [1.165, 1.54) is 32.4 Å². The van der Waals surface area contributed by atoms with Crippen LogP contribution in [0.1, 0.15) is 24.1 Å². The van der Waals surface area contributed by atoms with Gasteiger partial charge in [0.05, 0.1) is 31.4 Å². The maximum atomic E-state index is 12.8. The number of amides is 1. The molecule has 3 rings (SSSR count). The molecule has 1 saturated heterocycles. The van der Waals surface area contributed by atoms with Crippen LogP contribution in [0.3, 0.4) is 0 Å². The van der Waals surface area contributed by atoms with E-state index >= 15 is 0 Å². The number of hydrogen-bond donors (Lipinski definition) is 1. The SMILES string of the molecule is COc1cc(OC)c(NS(=O)(=O)c2ccc(CC(=O)N3CCCCC3)s2)cc1Cl. The first-order valence-corrected chi connectivity index (χ1v) is 11.8. The smallest absolute Gasteiger partial charge is 0.271 e. The summed E-state index contributed by atoms with van der Waals surface area (Å²) in [5, 5.41) is 0.255. The number of methoxy groups -OCH3 is 2. The minimum atomic E-state index is -3.86. The Bertz CT molecular complexity index is 984. The molecule has 0 atom stereocenters. The van der Waals surface area contributed by atoms with E-state index in [0.717, 1.165) is 43.7 Å². The Morgan fingerprint density at radius 3 is 2.48 bits per heavy atom. The average molecular weight is 459 g/mol. The fourth-order valence-corrected chi connectivity index (χ4v) is 5.79. The predicted molar refractivity (Wildman–Crippen MR) is 114 cm³/mol. The Kier molecular flexibility index (Phi) is 6.92. The van der Waals surface area contributed by atoms with Gasteiger partial charge in [-0.2, -0.15) is 0 Å². The lowest BCUT2D eigenvalue weighted by molar-refractivity contribution is -0.131. The Morgan fingerprint density at radius 1 is 1.14 bits per heavy atom. The molecule has 0 unspecified atom stereocenters. The number of thiophene rings is 1. The van der Waals surface area contributed by atoms with E-state index in [2.05, 4.69) is 4.72 Å². The van der Waals surface area contributed by atoms with Gasteiger partial charge in [-0.3, -0.25) is 9.52 Å². The highest BCUT2D eigenvalue weighted by molar-refractivity contribution is 7.94. The van der Waals surface area contributed by atoms with Gasteiger partial charge in [-0.05, 0) is 37.5 Å². The van der Waals surface area contributed by atoms with E-state index in [1.54, 1.807) is 6.07 Å². The van der Waals surface area contributed by atoms with Crippen molar-refractivity contribution < 1.29 is 22.7 Å². The summed E-state index contributed by atoms with van der Waals surface area (Å²) in [6, 6.07) is 6.13. The zero-order valence-corrected chi connectivity index (χ0v) is 18.6. The Labute approximate surface area is 179 Å². The molecule has 0 radical (unpaired) electrons. The zero-order valence-electron chi connectivity index (χ0n) is 16.2. The van der Waals surface area contributed by atoms with Crippen LogP contribution in [0.4, 0.5) is 5.69 Å². The second kappa shape index (κ2) is 9.23. The number of benzene rings is 1. The van der Waals surface area contributed by atoms with Crippen LogP contribution in [0.2, 0.25) is 5.02 Å². The second-order valence-corrected chi connectivity index (χ2v) is 10.1. The van der Waals surface area contributed by atoms with E-state index in [4.69, 9.17) is 21.1 Å². The minimum Gasteiger partial charge on any atom is -0.495 e. The number of nitrogens with one attached hydrogen (secondary N) is 1. The number of likely N-dealkylation sites (tertiary alicyclic amines) is 1. The predicted octanol–water partition coefficient (Wildman–Crippen LogP) is 3.77. The maximum absolute atomic E-state index is 12.8. The van der Waals surface area contributed by atoms with Crippen molar-refractivity contribution >= 4 is 44.6 Å². The molecular weight excluding hydrogens is 436 g/mol. The van der Waals surface area contributed by atoms with Gasteiger partial charge >= 0.3 is 0 Å². The molecule has 0 saturated carbocycles. The number of sulfonamides is 1. The molecule has 0 bridgehead atoms. The quantitative estimate of drug-likeness (QED) is 0.682. The van der Waals surface area contributed by atoms with Crippen LogP contribution >= 0.6 is 22.9 Å². The van der Waals surface area contributed by atoms with E-state index in [0.29, 0.717) is 10.6 Å². The highest BCUT2D eigenvalue weighted by Crippen LogP contribution is 2.37. The van der Waals surface area contributed by atoms with Gasteiger partial charge in [0.2, 0.25) is 5.91 Å². The van der Waals surface area contributed by atoms with Crippen molar-refractivity contribution in [3.05, 3.63) is 34.2 Å². The van der Waals surface area contributed by atoms with E-state index in [1.807, 2.05) is 4.90 Å². The third-order valence-corrected chi connectivity index (χ3v) is 7.89. The third-order valence-electron chi connectivity index (χ3n) is 4.65. The third kappa shape index (κ3) is 5.15. The van der Waals surface area contributed by atoms with Crippen molar-refractivity contribution in [1.82, 2.24) is 4.90 Å². The Hall–Kier alpha value is -1.97. The summed E-state index contributed by atoms with van der Waals surface area (Å²) in [5.74, 6) is 0.694. The fourth-order valence-electron chi connectivity index (χ4n) is 3.14. The number of hydrogen-bond acceptors (Lipinski definition) is 6. The van der Waals surface area contributed by atoms with Crippen molar-refractivity contribution in [2.24, 2.45) is 0 Å². The van der Waals surface area contributed by atoms with Crippen LogP contribution in [0, 0.1) is 0 Å². The van der Waals surface area contributed by atoms with Crippen LogP contribution in [-0.4, -0.2) is 46.5 Å². The molecule has 7 nitrogen and oxygen atoms in total. The Balaban J connectivity index is 1.75. The fraction of sp³-hybridized carbons (Fsp3) is 0.421. The first kappa shape index (κ1) is 21.7. The van der Waals surface area contributed by atoms with Crippen LogP contribution < -0.4 is 14.2 Å². The lowest BCUT2D eigenvalue weighted by Crippen LogP contribution is -2.36. The van der Waals surface area contributed by atoms with Gasteiger partial charge in [0, 0.05) is 24.0 Å². The van der Waals surface area contributed by atoms with Crippen LogP contribution in [-0.2, 0) is 21.2 Å². The summed E-state index contributed by atoms with van der Waals surface area (Å²) in [6.45, 7) is 1.55. The summed E-state index contributed by atoms with van der Waals surface area (Å²) in [6.07, 6.45) is 3.39. The molecule has 1 aromatic carbocycles. The first-order valence-electron chi connectivity index (χ1n) is 9.15. The van der Waals surface area contributed by atoms with Crippen molar-refractivity contribution in [3.8, 4) is 11.5 Å². The molecule has 10 heteroatoms. The molecule has 2 heterocycles. The molecule has 158 valence electrons. The normalized spacial score (nSPS) is 14.5. The molecule has 1 amide bonds. The molecule has 1 aliphatic heterocycles. The minimum absolute atomic E-state index is 0.0343. The van der Waals surface area contributed by atoms with Gasteiger partial charge in [0.25, 0.3) is 10.0 Å². The summed E-state index contributed by atoms with van der Waals surface area (Å²) >= 11 is 7.19. The number of carbonyl (C=O) groups is 1. The number of carbonyl (C=O) groups excluding carboxylic acids is 1. The zero-order chi connectivity index (χ0) is 21.0. The van der Waals surface area contributed by atoms with Gasteiger partial charge in [-0.1, -0.05) is 11.6 Å². The van der Waals surface area contributed by atoms with E-state index < -0.39 is 10.0 Å². The highest BCUT2D eigenvalue weighted by atomic mass is 35.5.